The van der Waals surface area contributed by atoms with Gasteiger partial charge in [-0.2, -0.15) is 13.2 Å². The fraction of sp³-hybridized carbons (Fsp3) is 0.467. The van der Waals surface area contributed by atoms with Gasteiger partial charge in [0.25, 0.3) is 5.91 Å². The number of imidazole rings is 1. The third-order valence-corrected chi connectivity index (χ3v) is 3.95. The molecule has 7 heteroatoms. The highest BCUT2D eigenvalue weighted by Crippen LogP contribution is 2.32. The average Bonchev–Trinajstić information content (AvgIpc) is 2.88. The number of hydrogen-bond acceptors (Lipinski definition) is 2. The predicted molar refractivity (Wildman–Crippen MR) is 74.5 cm³/mol. The van der Waals surface area contributed by atoms with Crippen LogP contribution in [0, 0.1) is 0 Å². The number of alkyl halides is 3. The van der Waals surface area contributed by atoms with Crippen LogP contribution in [-0.4, -0.2) is 21.3 Å². The molecule has 0 aromatic carbocycles. The number of halogens is 3. The van der Waals surface area contributed by atoms with Crippen LogP contribution in [0.3, 0.4) is 0 Å². The summed E-state index contributed by atoms with van der Waals surface area (Å²) in [6.07, 6.45) is 1.47. The van der Waals surface area contributed by atoms with Crippen molar-refractivity contribution in [1.82, 2.24) is 14.7 Å². The molecule has 1 aliphatic carbocycles. The number of amides is 1. The van der Waals surface area contributed by atoms with E-state index in [4.69, 9.17) is 0 Å². The summed E-state index contributed by atoms with van der Waals surface area (Å²) in [7, 11) is 0. The number of aromatic nitrogens is 2. The minimum atomic E-state index is -4.66. The first-order valence-corrected chi connectivity index (χ1v) is 7.32. The van der Waals surface area contributed by atoms with E-state index in [2.05, 4.69) is 10.3 Å². The van der Waals surface area contributed by atoms with E-state index < -0.39 is 23.5 Å². The second kappa shape index (κ2) is 5.62. The maximum Gasteiger partial charge on any atom is 0.435 e. The van der Waals surface area contributed by atoms with E-state index in [0.29, 0.717) is 0 Å². The Hall–Kier alpha value is -2.05. The minimum absolute atomic E-state index is 0.0587. The molecule has 118 valence electrons. The summed E-state index contributed by atoms with van der Waals surface area (Å²) in [6.45, 7) is 0. The van der Waals surface area contributed by atoms with Crippen LogP contribution in [0.1, 0.15) is 48.3 Å². The van der Waals surface area contributed by atoms with Gasteiger partial charge < -0.3 is 5.32 Å². The molecule has 2 aromatic rings. The maximum absolute atomic E-state index is 13.2. The topological polar surface area (TPSA) is 46.4 Å². The zero-order chi connectivity index (χ0) is 15.7. The average molecular weight is 311 g/mol. The lowest BCUT2D eigenvalue weighted by molar-refractivity contribution is -0.141. The van der Waals surface area contributed by atoms with Crippen molar-refractivity contribution in [2.75, 3.05) is 0 Å². The van der Waals surface area contributed by atoms with Crippen molar-refractivity contribution >= 4 is 11.6 Å². The van der Waals surface area contributed by atoms with Crippen LogP contribution in [0.4, 0.5) is 13.2 Å². The molecule has 22 heavy (non-hydrogen) atoms. The van der Waals surface area contributed by atoms with Gasteiger partial charge in [-0.15, -0.1) is 0 Å². The monoisotopic (exact) mass is 311 g/mol. The number of nitrogens with zero attached hydrogens (tertiary/aromatic N) is 2. The Kier molecular flexibility index (Phi) is 3.80. The van der Waals surface area contributed by atoms with Gasteiger partial charge in [0.2, 0.25) is 0 Å². The summed E-state index contributed by atoms with van der Waals surface area (Å²) >= 11 is 0. The summed E-state index contributed by atoms with van der Waals surface area (Å²) in [5, 5.41) is 2.73. The molecule has 2 aromatic heterocycles. The van der Waals surface area contributed by atoms with Crippen LogP contribution in [0.2, 0.25) is 0 Å². The second-order valence-electron chi connectivity index (χ2n) is 5.54. The minimum Gasteiger partial charge on any atom is -0.348 e. The number of rotatable bonds is 2. The van der Waals surface area contributed by atoms with Crippen molar-refractivity contribution in [3.05, 3.63) is 35.8 Å². The number of fused-ring (bicyclic) bond motifs is 1. The van der Waals surface area contributed by atoms with Crippen molar-refractivity contribution in [3.8, 4) is 0 Å². The van der Waals surface area contributed by atoms with E-state index in [9.17, 15) is 18.0 Å². The lowest BCUT2D eigenvalue weighted by Crippen LogP contribution is -2.37. The largest absolute Gasteiger partial charge is 0.435 e. The molecule has 0 bridgehead atoms. The molecular weight excluding hydrogens is 295 g/mol. The molecule has 4 nitrogen and oxygen atoms in total. The molecule has 0 saturated heterocycles. The normalized spacial score (nSPS) is 16.9. The highest BCUT2D eigenvalue weighted by atomic mass is 19.4. The number of carbonyl (C=O) groups is 1. The Balaban J connectivity index is 1.98. The molecule has 1 fully saturated rings. The quantitative estimate of drug-likeness (QED) is 0.924. The van der Waals surface area contributed by atoms with E-state index in [-0.39, 0.29) is 11.7 Å². The second-order valence-corrected chi connectivity index (χ2v) is 5.54. The number of carbonyl (C=O) groups excluding carboxylic acids is 1. The first kappa shape index (κ1) is 14.9. The van der Waals surface area contributed by atoms with Gasteiger partial charge in [0.05, 0.1) is 0 Å². The fourth-order valence-electron chi connectivity index (χ4n) is 2.91. The lowest BCUT2D eigenvalue weighted by Gasteiger charge is -2.22. The lowest BCUT2D eigenvalue weighted by atomic mass is 9.95. The molecule has 1 aliphatic rings. The Morgan fingerprint density at radius 2 is 1.95 bits per heavy atom. The molecule has 0 aliphatic heterocycles. The van der Waals surface area contributed by atoms with Crippen molar-refractivity contribution in [2.45, 2.75) is 44.3 Å². The summed E-state index contributed by atoms with van der Waals surface area (Å²) in [6, 6.07) is 4.56. The molecule has 0 spiro atoms. The highest BCUT2D eigenvalue weighted by molar-refractivity contribution is 5.95. The van der Waals surface area contributed by atoms with Crippen LogP contribution in [-0.2, 0) is 6.18 Å². The molecule has 3 rings (SSSR count). The van der Waals surface area contributed by atoms with E-state index in [0.717, 1.165) is 32.1 Å². The third kappa shape index (κ3) is 2.80. The molecule has 2 heterocycles. The van der Waals surface area contributed by atoms with E-state index in [1.54, 1.807) is 12.1 Å². The molecule has 0 radical (unpaired) electrons. The summed E-state index contributed by atoms with van der Waals surface area (Å²) < 4.78 is 40.7. The zero-order valence-electron chi connectivity index (χ0n) is 11.9. The fourth-order valence-corrected chi connectivity index (χ4v) is 2.91. The standard InChI is InChI=1S/C15H16F3N3O/c16-15(17,18)13-12(21-9-5-4-8-11(21)20-13)14(22)19-10-6-2-1-3-7-10/h4-5,8-10H,1-3,6-7H2,(H,19,22). The van der Waals surface area contributed by atoms with Gasteiger partial charge in [-0.05, 0) is 25.0 Å². The van der Waals surface area contributed by atoms with Crippen LogP contribution < -0.4 is 5.32 Å². The summed E-state index contributed by atoms with van der Waals surface area (Å²) in [5.41, 5.74) is -1.45. The summed E-state index contributed by atoms with van der Waals surface area (Å²) in [4.78, 5) is 16.0. The molecule has 1 saturated carbocycles. The molecule has 0 unspecified atom stereocenters. The third-order valence-electron chi connectivity index (χ3n) is 3.95. The van der Waals surface area contributed by atoms with Crippen molar-refractivity contribution < 1.29 is 18.0 Å². The number of hydrogen-bond donors (Lipinski definition) is 1. The SMILES string of the molecule is O=C(NC1CCCCC1)c1c(C(F)(F)F)nc2ccccn12. The van der Waals surface area contributed by atoms with Crippen LogP contribution in [0.15, 0.2) is 24.4 Å². The van der Waals surface area contributed by atoms with E-state index in [1.165, 1.54) is 16.7 Å². The maximum atomic E-state index is 13.2. The van der Waals surface area contributed by atoms with E-state index >= 15 is 0 Å². The smallest absolute Gasteiger partial charge is 0.348 e. The zero-order valence-corrected chi connectivity index (χ0v) is 11.9. The van der Waals surface area contributed by atoms with Gasteiger partial charge in [0, 0.05) is 12.2 Å². The van der Waals surface area contributed by atoms with Crippen molar-refractivity contribution in [3.63, 3.8) is 0 Å². The molecule has 0 atom stereocenters. The van der Waals surface area contributed by atoms with Crippen LogP contribution in [0.5, 0.6) is 0 Å². The van der Waals surface area contributed by atoms with Crippen molar-refractivity contribution in [1.29, 1.82) is 0 Å². The van der Waals surface area contributed by atoms with Crippen LogP contribution >= 0.6 is 0 Å². The first-order chi connectivity index (χ1) is 10.5. The van der Waals surface area contributed by atoms with Gasteiger partial charge in [0.1, 0.15) is 11.3 Å². The van der Waals surface area contributed by atoms with E-state index in [1.807, 2.05) is 0 Å². The van der Waals surface area contributed by atoms with Gasteiger partial charge >= 0.3 is 6.18 Å². The van der Waals surface area contributed by atoms with Gasteiger partial charge in [-0.1, -0.05) is 25.3 Å². The predicted octanol–water partition coefficient (Wildman–Crippen LogP) is 3.42. The van der Waals surface area contributed by atoms with Gasteiger partial charge in [-0.3, -0.25) is 9.20 Å². The molecule has 1 N–H and O–H groups in total. The molecular formula is C15H16F3N3O. The Labute approximate surface area is 125 Å². The van der Waals surface area contributed by atoms with Gasteiger partial charge in [0.15, 0.2) is 5.69 Å². The number of nitrogens with one attached hydrogen (secondary N) is 1. The first-order valence-electron chi connectivity index (χ1n) is 7.32. The summed E-state index contributed by atoms with van der Waals surface area (Å²) in [5.74, 6) is -0.710. The Morgan fingerprint density at radius 1 is 1.23 bits per heavy atom. The highest BCUT2D eigenvalue weighted by Gasteiger charge is 2.40. The molecule has 1 amide bonds. The number of pyridine rings is 1. The Morgan fingerprint density at radius 3 is 2.64 bits per heavy atom. The van der Waals surface area contributed by atoms with Crippen LogP contribution in [0.25, 0.3) is 5.65 Å². The van der Waals surface area contributed by atoms with Gasteiger partial charge in [-0.25, -0.2) is 4.98 Å². The Bertz CT molecular complexity index is 687. The van der Waals surface area contributed by atoms with Crippen molar-refractivity contribution in [2.24, 2.45) is 0 Å².